The van der Waals surface area contributed by atoms with Crippen molar-refractivity contribution in [2.45, 2.75) is 18.9 Å². The van der Waals surface area contributed by atoms with E-state index < -0.39 is 0 Å². The van der Waals surface area contributed by atoms with Crippen molar-refractivity contribution in [3.8, 4) is 0 Å². The highest BCUT2D eigenvalue weighted by Gasteiger charge is 2.09. The van der Waals surface area contributed by atoms with Gasteiger partial charge >= 0.3 is 0 Å². The summed E-state index contributed by atoms with van der Waals surface area (Å²) in [5.74, 6) is 0. The minimum atomic E-state index is 0. The lowest BCUT2D eigenvalue weighted by molar-refractivity contribution is 0.658. The Bertz CT molecular complexity index is 328. The van der Waals surface area contributed by atoms with Crippen molar-refractivity contribution in [3.63, 3.8) is 0 Å². The van der Waals surface area contributed by atoms with Gasteiger partial charge in [0.25, 0.3) is 0 Å². The Kier molecular flexibility index (Phi) is 7.53. The third-order valence-electron chi connectivity index (χ3n) is 2.04. The predicted octanol–water partition coefficient (Wildman–Crippen LogP) is 4.60. The van der Waals surface area contributed by atoms with Crippen molar-refractivity contribution in [1.29, 1.82) is 0 Å². The van der Waals surface area contributed by atoms with Crippen molar-refractivity contribution in [2.24, 2.45) is 5.73 Å². The fourth-order valence-corrected chi connectivity index (χ4v) is 2.17. The number of hydrogen-bond donors (Lipinski definition) is 1. The van der Waals surface area contributed by atoms with Crippen LogP contribution in [0, 0.1) is 0 Å². The van der Waals surface area contributed by atoms with Crippen LogP contribution in [0.1, 0.15) is 24.4 Å². The SMILES string of the molecule is C=CCC[C@@H](N)c1cc(Br)ccc1Br.Cl. The molecule has 1 atom stereocenters. The second kappa shape index (κ2) is 7.44. The standard InChI is InChI=1S/C11H13Br2N.ClH/c1-2-3-4-11(14)9-7-8(12)5-6-10(9)13;/h2,5-7,11H,1,3-4,14H2;1H/t11-;/m1./s1. The third-order valence-corrected chi connectivity index (χ3v) is 3.25. The number of halogens is 3. The van der Waals surface area contributed by atoms with Crippen molar-refractivity contribution < 1.29 is 0 Å². The van der Waals surface area contributed by atoms with Crippen LogP contribution in [-0.4, -0.2) is 0 Å². The number of hydrogen-bond acceptors (Lipinski definition) is 1. The van der Waals surface area contributed by atoms with E-state index in [1.165, 1.54) is 0 Å². The van der Waals surface area contributed by atoms with Crippen LogP contribution in [0.2, 0.25) is 0 Å². The lowest BCUT2D eigenvalue weighted by atomic mass is 10.0. The summed E-state index contributed by atoms with van der Waals surface area (Å²) in [7, 11) is 0. The van der Waals surface area contributed by atoms with Crippen LogP contribution < -0.4 is 5.73 Å². The average molecular weight is 356 g/mol. The molecule has 0 radical (unpaired) electrons. The molecule has 0 amide bonds. The first kappa shape index (κ1) is 15.2. The molecule has 1 nitrogen and oxygen atoms in total. The molecule has 0 aliphatic rings. The van der Waals surface area contributed by atoms with Gasteiger partial charge in [-0.3, -0.25) is 0 Å². The maximum Gasteiger partial charge on any atom is 0.0309 e. The van der Waals surface area contributed by atoms with E-state index in [1.807, 2.05) is 18.2 Å². The molecule has 0 fully saturated rings. The molecule has 0 aliphatic heterocycles. The zero-order chi connectivity index (χ0) is 10.6. The fourth-order valence-electron chi connectivity index (χ4n) is 1.25. The summed E-state index contributed by atoms with van der Waals surface area (Å²) in [5, 5.41) is 0. The van der Waals surface area contributed by atoms with Crippen molar-refractivity contribution in [2.75, 3.05) is 0 Å². The Labute approximate surface area is 114 Å². The van der Waals surface area contributed by atoms with Crippen LogP contribution in [0.15, 0.2) is 39.8 Å². The Morgan fingerprint density at radius 3 is 2.67 bits per heavy atom. The summed E-state index contributed by atoms with van der Waals surface area (Å²) in [6, 6.07) is 6.12. The highest BCUT2D eigenvalue weighted by atomic mass is 79.9. The summed E-state index contributed by atoms with van der Waals surface area (Å²) in [4.78, 5) is 0. The molecule has 0 saturated heterocycles. The zero-order valence-electron chi connectivity index (χ0n) is 8.25. The van der Waals surface area contributed by atoms with E-state index in [-0.39, 0.29) is 18.4 Å². The van der Waals surface area contributed by atoms with Crippen LogP contribution in [-0.2, 0) is 0 Å². The average Bonchev–Trinajstić information content (AvgIpc) is 2.18. The van der Waals surface area contributed by atoms with Gasteiger partial charge in [0.2, 0.25) is 0 Å². The van der Waals surface area contributed by atoms with Gasteiger partial charge in [0.15, 0.2) is 0 Å². The molecule has 15 heavy (non-hydrogen) atoms. The maximum absolute atomic E-state index is 6.05. The molecule has 0 spiro atoms. The lowest BCUT2D eigenvalue weighted by Crippen LogP contribution is -2.10. The molecular weight excluding hydrogens is 341 g/mol. The lowest BCUT2D eigenvalue weighted by Gasteiger charge is -2.13. The van der Waals surface area contributed by atoms with Crippen molar-refractivity contribution in [1.82, 2.24) is 0 Å². The molecule has 1 aromatic carbocycles. The highest BCUT2D eigenvalue weighted by molar-refractivity contribution is 9.11. The molecule has 0 saturated carbocycles. The monoisotopic (exact) mass is 353 g/mol. The molecule has 0 unspecified atom stereocenters. The topological polar surface area (TPSA) is 26.0 Å². The molecule has 1 aromatic rings. The molecule has 4 heteroatoms. The fraction of sp³-hybridized carbons (Fsp3) is 0.273. The van der Waals surface area contributed by atoms with Crippen LogP contribution in [0.25, 0.3) is 0 Å². The third kappa shape index (κ3) is 4.68. The first-order valence-corrected chi connectivity index (χ1v) is 6.05. The quantitative estimate of drug-likeness (QED) is 0.785. The van der Waals surface area contributed by atoms with Gasteiger partial charge in [0.1, 0.15) is 0 Å². The van der Waals surface area contributed by atoms with Gasteiger partial charge in [-0.2, -0.15) is 0 Å². The number of allylic oxidation sites excluding steroid dienone is 1. The molecular formula is C11H14Br2ClN. The number of rotatable bonds is 4. The summed E-state index contributed by atoms with van der Waals surface area (Å²) >= 11 is 6.93. The second-order valence-corrected chi connectivity index (χ2v) is 4.91. The van der Waals surface area contributed by atoms with Crippen molar-refractivity contribution >= 4 is 44.3 Å². The molecule has 0 aliphatic carbocycles. The van der Waals surface area contributed by atoms with E-state index in [1.54, 1.807) is 0 Å². The molecule has 84 valence electrons. The molecule has 0 bridgehead atoms. The first-order valence-electron chi connectivity index (χ1n) is 4.46. The highest BCUT2D eigenvalue weighted by Crippen LogP contribution is 2.27. The summed E-state index contributed by atoms with van der Waals surface area (Å²) < 4.78 is 2.13. The Hall–Kier alpha value is 0.170. The van der Waals surface area contributed by atoms with E-state index in [2.05, 4.69) is 44.5 Å². The van der Waals surface area contributed by atoms with Crippen LogP contribution in [0.4, 0.5) is 0 Å². The van der Waals surface area contributed by atoms with Crippen LogP contribution in [0.5, 0.6) is 0 Å². The van der Waals surface area contributed by atoms with Gasteiger partial charge < -0.3 is 5.73 Å². The van der Waals surface area contributed by atoms with E-state index >= 15 is 0 Å². The summed E-state index contributed by atoms with van der Waals surface area (Å²) in [5.41, 5.74) is 7.19. The van der Waals surface area contributed by atoms with E-state index in [4.69, 9.17) is 5.73 Å². The summed E-state index contributed by atoms with van der Waals surface area (Å²) in [6.07, 6.45) is 3.77. The normalized spacial score (nSPS) is 11.7. The van der Waals surface area contributed by atoms with Crippen LogP contribution in [0.3, 0.4) is 0 Å². The van der Waals surface area contributed by atoms with Gasteiger partial charge in [0, 0.05) is 15.0 Å². The minimum Gasteiger partial charge on any atom is -0.324 e. The number of nitrogens with two attached hydrogens (primary N) is 1. The van der Waals surface area contributed by atoms with Gasteiger partial charge in [-0.1, -0.05) is 37.9 Å². The van der Waals surface area contributed by atoms with Gasteiger partial charge in [-0.05, 0) is 36.6 Å². The Morgan fingerprint density at radius 2 is 2.07 bits per heavy atom. The van der Waals surface area contributed by atoms with Crippen LogP contribution >= 0.6 is 44.3 Å². The molecule has 1 rings (SSSR count). The zero-order valence-corrected chi connectivity index (χ0v) is 12.2. The number of benzene rings is 1. The smallest absolute Gasteiger partial charge is 0.0309 e. The largest absolute Gasteiger partial charge is 0.324 e. The van der Waals surface area contributed by atoms with Crippen molar-refractivity contribution in [3.05, 3.63) is 45.4 Å². The summed E-state index contributed by atoms with van der Waals surface area (Å²) in [6.45, 7) is 3.69. The minimum absolute atomic E-state index is 0. The molecule has 0 aromatic heterocycles. The molecule has 2 N–H and O–H groups in total. The Balaban J connectivity index is 0.00000196. The Morgan fingerprint density at radius 1 is 1.40 bits per heavy atom. The first-order chi connectivity index (χ1) is 6.65. The maximum atomic E-state index is 6.05. The molecule has 0 heterocycles. The van der Waals surface area contributed by atoms with E-state index in [0.29, 0.717) is 0 Å². The second-order valence-electron chi connectivity index (χ2n) is 3.14. The van der Waals surface area contributed by atoms with E-state index in [0.717, 1.165) is 27.4 Å². The predicted molar refractivity (Wildman–Crippen MR) is 75.4 cm³/mol. The van der Waals surface area contributed by atoms with Gasteiger partial charge in [0.05, 0.1) is 0 Å². The van der Waals surface area contributed by atoms with Gasteiger partial charge in [-0.25, -0.2) is 0 Å². The van der Waals surface area contributed by atoms with Gasteiger partial charge in [-0.15, -0.1) is 19.0 Å². The van der Waals surface area contributed by atoms with E-state index in [9.17, 15) is 0 Å².